The van der Waals surface area contributed by atoms with Gasteiger partial charge < -0.3 is 5.73 Å². The number of pyridine rings is 1. The van der Waals surface area contributed by atoms with Crippen molar-refractivity contribution in [3.05, 3.63) is 64.7 Å². The lowest BCUT2D eigenvalue weighted by Gasteiger charge is -2.16. The van der Waals surface area contributed by atoms with Crippen LogP contribution in [0.15, 0.2) is 68.5 Å². The standard InChI is InChI=1S/C18H18N6O3S2/c1-21-15(19)14-17(28-2)23-16(11-7-9-22-10-8-11)24(18(14)25)12-3-5-13(6-4-12)29(20,26)27/h3-10H,1-2H3,(H2,19,21)(H2,20,26,27). The van der Waals surface area contributed by atoms with E-state index in [4.69, 9.17) is 10.9 Å². The molecule has 0 amide bonds. The smallest absolute Gasteiger partial charge is 0.270 e. The van der Waals surface area contributed by atoms with Crippen LogP contribution >= 0.6 is 11.8 Å². The summed E-state index contributed by atoms with van der Waals surface area (Å²) in [6.07, 6.45) is 4.96. The Balaban J connectivity index is 2.38. The van der Waals surface area contributed by atoms with Gasteiger partial charge in [-0.2, -0.15) is 0 Å². The van der Waals surface area contributed by atoms with Gasteiger partial charge in [0.1, 0.15) is 22.2 Å². The molecule has 150 valence electrons. The first kappa shape index (κ1) is 20.7. The first-order valence-electron chi connectivity index (χ1n) is 8.25. The fourth-order valence-electron chi connectivity index (χ4n) is 2.70. The molecule has 0 aliphatic carbocycles. The number of primary sulfonamides is 1. The summed E-state index contributed by atoms with van der Waals surface area (Å²) in [5.74, 6) is 0.417. The zero-order chi connectivity index (χ0) is 21.2. The molecule has 4 N–H and O–H groups in total. The zero-order valence-electron chi connectivity index (χ0n) is 15.6. The van der Waals surface area contributed by atoms with Gasteiger partial charge in [-0.15, -0.1) is 11.8 Å². The summed E-state index contributed by atoms with van der Waals surface area (Å²) in [4.78, 5) is 25.9. The quantitative estimate of drug-likeness (QED) is 0.266. The van der Waals surface area contributed by atoms with Gasteiger partial charge in [0.25, 0.3) is 5.56 Å². The number of hydrogen-bond donors (Lipinski definition) is 2. The van der Waals surface area contributed by atoms with Gasteiger partial charge in [0.2, 0.25) is 10.0 Å². The van der Waals surface area contributed by atoms with Crippen molar-refractivity contribution in [3.8, 4) is 17.1 Å². The molecule has 0 aliphatic rings. The molecule has 0 saturated carbocycles. The summed E-state index contributed by atoms with van der Waals surface area (Å²) in [7, 11) is -2.38. The number of nitrogens with zero attached hydrogens (tertiary/aromatic N) is 4. The van der Waals surface area contributed by atoms with Gasteiger partial charge >= 0.3 is 0 Å². The van der Waals surface area contributed by atoms with Crippen LogP contribution < -0.4 is 16.4 Å². The molecule has 0 unspecified atom stereocenters. The van der Waals surface area contributed by atoms with Crippen LogP contribution in [0.5, 0.6) is 0 Å². The minimum atomic E-state index is -3.86. The van der Waals surface area contributed by atoms with Gasteiger partial charge in [-0.25, -0.2) is 18.5 Å². The summed E-state index contributed by atoms with van der Waals surface area (Å²) < 4.78 is 24.5. The summed E-state index contributed by atoms with van der Waals surface area (Å²) in [5.41, 5.74) is 6.77. The highest BCUT2D eigenvalue weighted by Gasteiger charge is 2.21. The second-order valence-corrected chi connectivity index (χ2v) is 8.20. The van der Waals surface area contributed by atoms with E-state index >= 15 is 0 Å². The Hall–Kier alpha value is -3.02. The number of nitrogens with two attached hydrogens (primary N) is 2. The Morgan fingerprint density at radius 3 is 2.28 bits per heavy atom. The van der Waals surface area contributed by atoms with E-state index in [1.54, 1.807) is 30.8 Å². The molecule has 11 heteroatoms. The van der Waals surface area contributed by atoms with Gasteiger partial charge in [0, 0.05) is 25.0 Å². The largest absolute Gasteiger partial charge is 0.383 e. The van der Waals surface area contributed by atoms with Crippen LogP contribution in [-0.2, 0) is 10.0 Å². The lowest BCUT2D eigenvalue weighted by Crippen LogP contribution is -2.32. The molecule has 0 bridgehead atoms. The van der Waals surface area contributed by atoms with Crippen molar-refractivity contribution in [1.82, 2.24) is 14.5 Å². The molecule has 29 heavy (non-hydrogen) atoms. The SMILES string of the molecule is CN=C(N)c1c(SC)nc(-c2ccncc2)n(-c2ccc(S(N)(=O)=O)cc2)c1=O. The molecule has 9 nitrogen and oxygen atoms in total. The van der Waals surface area contributed by atoms with Crippen LogP contribution in [-0.4, -0.2) is 42.1 Å². The van der Waals surface area contributed by atoms with Crippen molar-refractivity contribution < 1.29 is 8.42 Å². The number of aliphatic imine (C=N–C) groups is 1. The van der Waals surface area contributed by atoms with E-state index in [1.807, 2.05) is 0 Å². The van der Waals surface area contributed by atoms with Crippen molar-refractivity contribution in [1.29, 1.82) is 0 Å². The lowest BCUT2D eigenvalue weighted by molar-refractivity contribution is 0.598. The third-order valence-electron chi connectivity index (χ3n) is 4.10. The predicted octanol–water partition coefficient (Wildman–Crippen LogP) is 0.999. The van der Waals surface area contributed by atoms with Crippen molar-refractivity contribution in [3.63, 3.8) is 0 Å². The van der Waals surface area contributed by atoms with E-state index in [0.29, 0.717) is 22.1 Å². The van der Waals surface area contributed by atoms with Crippen molar-refractivity contribution in [2.24, 2.45) is 15.9 Å². The summed E-state index contributed by atoms with van der Waals surface area (Å²) in [5, 5.41) is 5.60. The second-order valence-electron chi connectivity index (χ2n) is 5.84. The lowest BCUT2D eigenvalue weighted by atomic mass is 10.2. The first-order valence-corrected chi connectivity index (χ1v) is 11.0. The summed E-state index contributed by atoms with van der Waals surface area (Å²) in [6.45, 7) is 0. The number of amidine groups is 1. The minimum absolute atomic E-state index is 0.0584. The van der Waals surface area contributed by atoms with Crippen molar-refractivity contribution in [2.75, 3.05) is 13.3 Å². The number of aromatic nitrogens is 3. The van der Waals surface area contributed by atoms with E-state index in [-0.39, 0.29) is 16.3 Å². The highest BCUT2D eigenvalue weighted by molar-refractivity contribution is 7.98. The maximum atomic E-state index is 13.4. The number of rotatable bonds is 5. The van der Waals surface area contributed by atoms with E-state index in [0.717, 1.165) is 0 Å². The molecule has 0 fully saturated rings. The van der Waals surface area contributed by atoms with Gasteiger partial charge in [-0.05, 0) is 42.7 Å². The van der Waals surface area contributed by atoms with Crippen molar-refractivity contribution in [2.45, 2.75) is 9.92 Å². The van der Waals surface area contributed by atoms with Crippen LogP contribution in [0.4, 0.5) is 0 Å². The molecule has 3 rings (SSSR count). The topological polar surface area (TPSA) is 146 Å². The van der Waals surface area contributed by atoms with Crippen molar-refractivity contribution >= 4 is 27.6 Å². The highest BCUT2D eigenvalue weighted by Crippen LogP contribution is 2.24. The molecule has 0 aliphatic heterocycles. The van der Waals surface area contributed by atoms with Gasteiger partial charge in [0.15, 0.2) is 0 Å². The Bertz CT molecular complexity index is 1240. The van der Waals surface area contributed by atoms with Crippen LogP contribution in [0.3, 0.4) is 0 Å². The van der Waals surface area contributed by atoms with Gasteiger partial charge in [-0.1, -0.05) is 0 Å². The molecule has 3 aromatic rings. The third kappa shape index (κ3) is 4.06. The molecule has 2 aromatic heterocycles. The molecular weight excluding hydrogens is 412 g/mol. The normalized spacial score (nSPS) is 12.2. The highest BCUT2D eigenvalue weighted by atomic mass is 32.2. The molecule has 0 spiro atoms. The second kappa shape index (κ2) is 8.15. The zero-order valence-corrected chi connectivity index (χ0v) is 17.2. The molecule has 0 radical (unpaired) electrons. The van der Waals surface area contributed by atoms with Gasteiger partial charge in [0.05, 0.1) is 10.6 Å². The Kier molecular flexibility index (Phi) is 5.82. The molecule has 1 aromatic carbocycles. The number of hydrogen-bond acceptors (Lipinski definition) is 7. The monoisotopic (exact) mass is 430 g/mol. The molecule has 0 saturated heterocycles. The Morgan fingerprint density at radius 1 is 1.14 bits per heavy atom. The number of sulfonamides is 1. The maximum Gasteiger partial charge on any atom is 0.270 e. The Morgan fingerprint density at radius 2 is 1.76 bits per heavy atom. The minimum Gasteiger partial charge on any atom is -0.383 e. The molecule has 2 heterocycles. The first-order chi connectivity index (χ1) is 13.8. The van der Waals surface area contributed by atoms with Crippen LogP contribution in [0.2, 0.25) is 0 Å². The maximum absolute atomic E-state index is 13.4. The number of thioether (sulfide) groups is 1. The molecule has 0 atom stereocenters. The van der Waals surface area contributed by atoms with E-state index in [1.165, 1.54) is 47.6 Å². The van der Waals surface area contributed by atoms with E-state index in [2.05, 4.69) is 15.0 Å². The van der Waals surface area contributed by atoms with Crippen LogP contribution in [0, 0.1) is 0 Å². The Labute approximate surface area is 171 Å². The third-order valence-corrected chi connectivity index (χ3v) is 5.71. The average Bonchev–Trinajstić information content (AvgIpc) is 2.72. The predicted molar refractivity (Wildman–Crippen MR) is 113 cm³/mol. The van der Waals surface area contributed by atoms with E-state index < -0.39 is 15.6 Å². The van der Waals surface area contributed by atoms with Crippen LogP contribution in [0.1, 0.15) is 5.56 Å². The summed E-state index contributed by atoms with van der Waals surface area (Å²) >= 11 is 1.28. The van der Waals surface area contributed by atoms with E-state index in [9.17, 15) is 13.2 Å². The van der Waals surface area contributed by atoms with Gasteiger partial charge in [-0.3, -0.25) is 19.3 Å². The summed E-state index contributed by atoms with van der Waals surface area (Å²) in [6, 6.07) is 9.06. The fourth-order valence-corrected chi connectivity index (χ4v) is 3.79. The van der Waals surface area contributed by atoms with Crippen LogP contribution in [0.25, 0.3) is 17.1 Å². The molecular formula is C18H18N6O3S2. The fraction of sp³-hybridized carbons (Fsp3) is 0.111. The number of benzene rings is 1. The average molecular weight is 431 g/mol.